The molecule has 0 aliphatic heterocycles. The first kappa shape index (κ1) is 18.8. The number of hydrogen-bond acceptors (Lipinski definition) is 4. The Balaban J connectivity index is 2.88. The third-order valence-electron chi connectivity index (χ3n) is 2.77. The zero-order valence-corrected chi connectivity index (χ0v) is 15.0. The molecule has 1 N–H and O–H groups in total. The van der Waals surface area contributed by atoms with Crippen molar-refractivity contribution in [3.05, 3.63) is 29.8 Å². The monoisotopic (exact) mass is 346 g/mol. The number of nitrogens with zero attached hydrogens (tertiary/aromatic N) is 1. The van der Waals surface area contributed by atoms with E-state index in [9.17, 15) is 17.4 Å². The fraction of sp³-hybridized carbons (Fsp3) is 0.500. The van der Waals surface area contributed by atoms with E-state index < -0.39 is 32.2 Å². The molecule has 0 saturated carbocycles. The van der Waals surface area contributed by atoms with E-state index in [1.54, 1.807) is 12.1 Å². The van der Waals surface area contributed by atoms with E-state index in [0.29, 0.717) is 0 Å². The van der Waals surface area contributed by atoms with Crippen LogP contribution >= 0.6 is 0 Å². The van der Waals surface area contributed by atoms with Gasteiger partial charge in [0.1, 0.15) is 0 Å². The predicted molar refractivity (Wildman–Crippen MR) is 87.8 cm³/mol. The van der Waals surface area contributed by atoms with Crippen LogP contribution in [0.5, 0.6) is 0 Å². The third kappa shape index (κ3) is 5.86. The number of carbonyl (C=O) groups is 1. The van der Waals surface area contributed by atoms with Gasteiger partial charge in [-0.2, -0.15) is 4.36 Å². The first-order valence-corrected chi connectivity index (χ1v) is 10.4. The minimum atomic E-state index is -3.80. The summed E-state index contributed by atoms with van der Waals surface area (Å²) in [6.45, 7) is 5.58. The van der Waals surface area contributed by atoms with E-state index in [4.69, 9.17) is 0 Å². The molecule has 124 valence electrons. The summed E-state index contributed by atoms with van der Waals surface area (Å²) in [6, 6.07) is 6.47. The van der Waals surface area contributed by atoms with Gasteiger partial charge in [-0.05, 0) is 23.1 Å². The van der Waals surface area contributed by atoms with Crippen LogP contribution in [0.1, 0.15) is 26.3 Å². The van der Waals surface area contributed by atoms with Gasteiger partial charge in [0, 0.05) is 22.2 Å². The Bertz CT molecular complexity index is 758. The topological polar surface area (TPSA) is 92.7 Å². The lowest BCUT2D eigenvalue weighted by atomic mass is 9.87. The molecule has 1 aromatic rings. The van der Waals surface area contributed by atoms with Gasteiger partial charge in [0.25, 0.3) is 5.91 Å². The maximum absolute atomic E-state index is 12.1. The molecular formula is C14H22N2O4S2. The van der Waals surface area contributed by atoms with Crippen molar-refractivity contribution in [1.82, 2.24) is 4.72 Å². The highest BCUT2D eigenvalue weighted by atomic mass is 32.2. The summed E-state index contributed by atoms with van der Waals surface area (Å²) in [7, 11) is -6.38. The molecule has 0 bridgehead atoms. The molecule has 0 spiro atoms. The molecular weight excluding hydrogens is 324 g/mol. The van der Waals surface area contributed by atoms with Crippen LogP contribution in [0.25, 0.3) is 0 Å². The molecule has 22 heavy (non-hydrogen) atoms. The smallest absolute Gasteiger partial charge is 0.268 e. The summed E-state index contributed by atoms with van der Waals surface area (Å²) in [6.07, 6.45) is 2.62. The average Bonchev–Trinajstić information content (AvgIpc) is 2.34. The third-order valence-corrected chi connectivity index (χ3v) is 4.83. The van der Waals surface area contributed by atoms with Crippen molar-refractivity contribution in [2.24, 2.45) is 4.36 Å². The molecule has 0 unspecified atom stereocenters. The highest BCUT2D eigenvalue weighted by Crippen LogP contribution is 2.23. The molecule has 0 aliphatic carbocycles. The van der Waals surface area contributed by atoms with E-state index in [1.165, 1.54) is 24.6 Å². The number of carbonyl (C=O) groups excluding carboxylic acids is 1. The fourth-order valence-electron chi connectivity index (χ4n) is 1.65. The van der Waals surface area contributed by atoms with Crippen molar-refractivity contribution < 1.29 is 17.4 Å². The average molecular weight is 346 g/mol. The number of sulfonamides is 1. The van der Waals surface area contributed by atoms with Crippen molar-refractivity contribution in [2.45, 2.75) is 31.1 Å². The van der Waals surface area contributed by atoms with E-state index in [1.807, 2.05) is 20.8 Å². The lowest BCUT2D eigenvalue weighted by Crippen LogP contribution is -2.29. The van der Waals surface area contributed by atoms with E-state index in [-0.39, 0.29) is 10.3 Å². The second-order valence-electron chi connectivity index (χ2n) is 6.27. The predicted octanol–water partition coefficient (Wildman–Crippen LogP) is 1.52. The van der Waals surface area contributed by atoms with Crippen molar-refractivity contribution >= 4 is 25.7 Å². The zero-order valence-electron chi connectivity index (χ0n) is 13.4. The Labute approximate surface area is 132 Å². The summed E-state index contributed by atoms with van der Waals surface area (Å²) in [4.78, 5) is 11.5. The fourth-order valence-corrected chi connectivity index (χ4v) is 3.18. The highest BCUT2D eigenvalue weighted by Gasteiger charge is 2.18. The van der Waals surface area contributed by atoms with Gasteiger partial charge in [-0.15, -0.1) is 0 Å². The van der Waals surface area contributed by atoms with E-state index >= 15 is 0 Å². The number of amides is 1. The Morgan fingerprint density at radius 1 is 1.09 bits per heavy atom. The highest BCUT2D eigenvalue weighted by molar-refractivity contribution is 7.92. The molecule has 0 atom stereocenters. The summed E-state index contributed by atoms with van der Waals surface area (Å²) in [5, 5.41) is 0. The van der Waals surface area contributed by atoms with E-state index in [0.717, 1.165) is 5.56 Å². The van der Waals surface area contributed by atoms with Crippen molar-refractivity contribution in [1.29, 1.82) is 0 Å². The Kier molecular flexibility index (Phi) is 5.53. The van der Waals surface area contributed by atoms with Gasteiger partial charge >= 0.3 is 0 Å². The molecule has 0 radical (unpaired) electrons. The van der Waals surface area contributed by atoms with Gasteiger partial charge in [-0.25, -0.2) is 17.3 Å². The van der Waals surface area contributed by atoms with Crippen LogP contribution in [0, 0.1) is 0 Å². The van der Waals surface area contributed by atoms with Crippen molar-refractivity contribution in [3.8, 4) is 0 Å². The molecule has 1 rings (SSSR count). The Morgan fingerprint density at radius 3 is 2.00 bits per heavy atom. The van der Waals surface area contributed by atoms with Crippen LogP contribution in [-0.4, -0.2) is 37.6 Å². The van der Waals surface area contributed by atoms with Crippen LogP contribution in [0.2, 0.25) is 0 Å². The first-order valence-electron chi connectivity index (χ1n) is 6.61. The van der Waals surface area contributed by atoms with Crippen LogP contribution in [-0.2, 0) is 30.0 Å². The largest absolute Gasteiger partial charge is 0.270 e. The van der Waals surface area contributed by atoms with E-state index in [2.05, 4.69) is 9.08 Å². The minimum Gasteiger partial charge on any atom is -0.270 e. The molecule has 0 saturated heterocycles. The minimum absolute atomic E-state index is 0.0713. The van der Waals surface area contributed by atoms with Crippen LogP contribution in [0.4, 0.5) is 0 Å². The maximum atomic E-state index is 12.1. The summed E-state index contributed by atoms with van der Waals surface area (Å²) < 4.78 is 41.1. The Hall–Kier alpha value is -1.25. The van der Waals surface area contributed by atoms with Crippen LogP contribution in [0.15, 0.2) is 33.5 Å². The standard InChI is InChI=1S/C14H22N2O4S2/c1-14(2,3)11-6-8-12(9-7-11)22(19,20)15-10-13(17)16-21(4,5)18/h6-9,15H,10H2,1-5H3. The van der Waals surface area contributed by atoms with Gasteiger partial charge in [0.2, 0.25) is 10.0 Å². The molecule has 0 fully saturated rings. The van der Waals surface area contributed by atoms with Gasteiger partial charge < -0.3 is 0 Å². The van der Waals surface area contributed by atoms with Crippen molar-refractivity contribution in [2.75, 3.05) is 19.1 Å². The quantitative estimate of drug-likeness (QED) is 0.894. The van der Waals surface area contributed by atoms with Crippen LogP contribution < -0.4 is 4.72 Å². The molecule has 6 nitrogen and oxygen atoms in total. The SMILES string of the molecule is CC(C)(C)c1ccc(S(=O)(=O)NCC(=O)N=S(C)(C)=O)cc1. The number of nitrogens with one attached hydrogen (secondary N) is 1. The van der Waals surface area contributed by atoms with Gasteiger partial charge in [-0.3, -0.25) is 4.79 Å². The molecule has 0 aliphatic rings. The molecule has 0 aromatic heterocycles. The lowest BCUT2D eigenvalue weighted by molar-refractivity contribution is -0.116. The lowest BCUT2D eigenvalue weighted by Gasteiger charge is -2.19. The number of hydrogen-bond donors (Lipinski definition) is 1. The van der Waals surface area contributed by atoms with Gasteiger partial charge in [0.05, 0.1) is 11.4 Å². The second-order valence-corrected chi connectivity index (χ2v) is 10.6. The number of benzene rings is 1. The normalized spacial score (nSPS) is 13.0. The summed E-state index contributed by atoms with van der Waals surface area (Å²) >= 11 is 0. The summed E-state index contributed by atoms with van der Waals surface area (Å²) in [5.74, 6) is -0.759. The molecule has 0 heterocycles. The van der Waals surface area contributed by atoms with Gasteiger partial charge in [-0.1, -0.05) is 32.9 Å². The number of rotatable bonds is 4. The van der Waals surface area contributed by atoms with Crippen molar-refractivity contribution in [3.63, 3.8) is 0 Å². The molecule has 1 amide bonds. The Morgan fingerprint density at radius 2 is 1.59 bits per heavy atom. The molecule has 1 aromatic carbocycles. The van der Waals surface area contributed by atoms with Gasteiger partial charge in [0.15, 0.2) is 0 Å². The maximum Gasteiger partial charge on any atom is 0.268 e. The van der Waals surface area contributed by atoms with Crippen LogP contribution in [0.3, 0.4) is 0 Å². The molecule has 8 heteroatoms. The second kappa shape index (κ2) is 6.47. The first-order chi connectivity index (χ1) is 9.81. The summed E-state index contributed by atoms with van der Waals surface area (Å²) in [5.41, 5.74) is 0.932. The zero-order chi connectivity index (χ0) is 17.2.